The first-order valence-corrected chi connectivity index (χ1v) is 9.85. The fourth-order valence-electron chi connectivity index (χ4n) is 3.67. The lowest BCUT2D eigenvalue weighted by Crippen LogP contribution is -2.06. The zero-order valence-corrected chi connectivity index (χ0v) is 16.9. The summed E-state index contributed by atoms with van der Waals surface area (Å²) in [6.07, 6.45) is 5.44. The van der Waals surface area contributed by atoms with Crippen LogP contribution in [0.25, 0.3) is 39.4 Å². The maximum Gasteiger partial charge on any atom is 0.150 e. The predicted octanol–water partition coefficient (Wildman–Crippen LogP) is 6.58. The Labute approximate surface area is 183 Å². The van der Waals surface area contributed by atoms with Crippen LogP contribution in [0.4, 0.5) is 10.2 Å². The summed E-state index contributed by atoms with van der Waals surface area (Å²) in [5.74, 6) is -0.0426. The molecule has 6 heteroatoms. The average molecular weight is 425 g/mol. The minimum Gasteiger partial charge on any atom is -0.340 e. The molecule has 0 bridgehead atoms. The van der Waals surface area contributed by atoms with Crippen molar-refractivity contribution in [2.45, 2.75) is 0 Å². The SMILES string of the molecule is C=C1C=Cc2cc(-c3cc(Cl)c4ncccc4c3)c(-c3cccc(C#N)c3F)nc2N1. The Morgan fingerprint density at radius 2 is 1.94 bits per heavy atom. The molecule has 1 N–H and O–H groups in total. The number of aromatic nitrogens is 2. The van der Waals surface area contributed by atoms with Crippen molar-refractivity contribution in [3.8, 4) is 28.5 Å². The monoisotopic (exact) mass is 424 g/mol. The average Bonchev–Trinajstić information content (AvgIpc) is 2.78. The number of benzene rings is 2. The molecule has 2 aromatic carbocycles. The van der Waals surface area contributed by atoms with Crippen LogP contribution in [0.15, 0.2) is 73.1 Å². The van der Waals surface area contributed by atoms with Crippen molar-refractivity contribution in [2.75, 3.05) is 5.32 Å². The maximum absolute atomic E-state index is 15.1. The highest BCUT2D eigenvalue weighted by molar-refractivity contribution is 6.35. The first kappa shape index (κ1) is 19.0. The molecule has 31 heavy (non-hydrogen) atoms. The molecule has 0 spiro atoms. The van der Waals surface area contributed by atoms with E-state index in [1.807, 2.05) is 42.5 Å². The molecule has 4 aromatic rings. The molecule has 0 aliphatic carbocycles. The van der Waals surface area contributed by atoms with Crippen LogP contribution in [-0.2, 0) is 0 Å². The molecule has 2 aromatic heterocycles. The maximum atomic E-state index is 15.1. The van der Waals surface area contributed by atoms with Crippen LogP contribution in [0, 0.1) is 17.1 Å². The highest BCUT2D eigenvalue weighted by Crippen LogP contribution is 2.39. The van der Waals surface area contributed by atoms with Gasteiger partial charge in [-0.1, -0.05) is 30.3 Å². The lowest BCUT2D eigenvalue weighted by molar-refractivity contribution is 0.627. The number of anilines is 1. The number of nitrogens with one attached hydrogen (secondary N) is 1. The van der Waals surface area contributed by atoms with E-state index in [2.05, 4.69) is 16.9 Å². The Morgan fingerprint density at radius 1 is 1.06 bits per heavy atom. The van der Waals surface area contributed by atoms with E-state index in [4.69, 9.17) is 16.6 Å². The first-order valence-electron chi connectivity index (χ1n) is 9.48. The second-order valence-electron chi connectivity index (χ2n) is 7.12. The van der Waals surface area contributed by atoms with Crippen LogP contribution >= 0.6 is 11.6 Å². The van der Waals surface area contributed by atoms with Gasteiger partial charge >= 0.3 is 0 Å². The number of nitrogens with zero attached hydrogens (tertiary/aromatic N) is 3. The summed E-state index contributed by atoms with van der Waals surface area (Å²) in [6.45, 7) is 3.91. The molecule has 0 saturated heterocycles. The van der Waals surface area contributed by atoms with Gasteiger partial charge in [0, 0.05) is 34.0 Å². The molecule has 0 saturated carbocycles. The summed E-state index contributed by atoms with van der Waals surface area (Å²) in [6, 6.07) is 16.0. The highest BCUT2D eigenvalue weighted by atomic mass is 35.5. The summed E-state index contributed by atoms with van der Waals surface area (Å²) in [4.78, 5) is 9.06. The molecule has 0 amide bonds. The molecule has 0 unspecified atom stereocenters. The van der Waals surface area contributed by atoms with Gasteiger partial charge in [-0.3, -0.25) is 4.98 Å². The van der Waals surface area contributed by atoms with E-state index < -0.39 is 5.82 Å². The highest BCUT2D eigenvalue weighted by Gasteiger charge is 2.20. The fourth-order valence-corrected chi connectivity index (χ4v) is 3.95. The van der Waals surface area contributed by atoms with Crippen LogP contribution in [0.3, 0.4) is 0 Å². The summed E-state index contributed by atoms with van der Waals surface area (Å²) < 4.78 is 15.1. The van der Waals surface area contributed by atoms with Gasteiger partial charge in [0.25, 0.3) is 0 Å². The number of hydrogen-bond donors (Lipinski definition) is 1. The van der Waals surface area contributed by atoms with E-state index in [9.17, 15) is 5.26 Å². The van der Waals surface area contributed by atoms with Gasteiger partial charge in [0.1, 0.15) is 17.7 Å². The van der Waals surface area contributed by atoms with Gasteiger partial charge in [0.15, 0.2) is 0 Å². The van der Waals surface area contributed by atoms with E-state index in [1.165, 1.54) is 6.07 Å². The van der Waals surface area contributed by atoms with Crippen molar-refractivity contribution in [1.82, 2.24) is 9.97 Å². The van der Waals surface area contributed by atoms with Gasteiger partial charge in [-0.05, 0) is 54.1 Å². The third-order valence-corrected chi connectivity index (χ3v) is 5.43. The summed E-state index contributed by atoms with van der Waals surface area (Å²) in [5.41, 5.74) is 4.28. The van der Waals surface area contributed by atoms with Crippen LogP contribution in [0.2, 0.25) is 5.02 Å². The lowest BCUT2D eigenvalue weighted by Gasteiger charge is -2.19. The third-order valence-electron chi connectivity index (χ3n) is 5.14. The largest absolute Gasteiger partial charge is 0.340 e. The summed E-state index contributed by atoms with van der Waals surface area (Å²) in [7, 11) is 0. The quantitative estimate of drug-likeness (QED) is 0.394. The summed E-state index contributed by atoms with van der Waals surface area (Å²) in [5, 5.41) is 13.8. The van der Waals surface area contributed by atoms with Gasteiger partial charge in [-0.2, -0.15) is 5.26 Å². The number of rotatable bonds is 2. The minimum absolute atomic E-state index is 0.0408. The number of nitriles is 1. The van der Waals surface area contributed by atoms with Gasteiger partial charge in [0.2, 0.25) is 0 Å². The molecule has 5 rings (SSSR count). The second kappa shape index (κ2) is 7.35. The molecule has 4 nitrogen and oxygen atoms in total. The lowest BCUT2D eigenvalue weighted by atomic mass is 9.94. The standard InChI is InChI=1S/C25H14ClFN4/c1-14-7-8-16-11-20(18-10-15-5-3-9-29-23(15)21(26)12-18)24(31-25(16)30-14)19-6-2-4-17(13-28)22(19)27/h2-12H,1H2,(H,30,31). The van der Waals surface area contributed by atoms with Gasteiger partial charge in [-0.15, -0.1) is 0 Å². The minimum atomic E-state index is -0.613. The summed E-state index contributed by atoms with van der Waals surface area (Å²) >= 11 is 6.51. The van der Waals surface area contributed by atoms with Crippen LogP contribution < -0.4 is 5.32 Å². The molecular weight excluding hydrogens is 411 g/mol. The number of allylic oxidation sites excluding steroid dienone is 1. The first-order chi connectivity index (χ1) is 15.0. The number of hydrogen-bond acceptors (Lipinski definition) is 4. The predicted molar refractivity (Wildman–Crippen MR) is 122 cm³/mol. The zero-order chi connectivity index (χ0) is 21.5. The molecule has 1 aliphatic rings. The van der Waals surface area contributed by atoms with Crippen LogP contribution in [-0.4, -0.2) is 9.97 Å². The van der Waals surface area contributed by atoms with Crippen molar-refractivity contribution < 1.29 is 4.39 Å². The zero-order valence-electron chi connectivity index (χ0n) is 16.2. The van der Waals surface area contributed by atoms with Gasteiger partial charge in [0.05, 0.1) is 21.8 Å². The van der Waals surface area contributed by atoms with Gasteiger partial charge in [-0.25, -0.2) is 9.37 Å². The number of fused-ring (bicyclic) bond motifs is 2. The van der Waals surface area contributed by atoms with Crippen molar-refractivity contribution in [2.24, 2.45) is 0 Å². The van der Waals surface area contributed by atoms with Gasteiger partial charge < -0.3 is 5.32 Å². The van der Waals surface area contributed by atoms with Crippen molar-refractivity contribution in [3.63, 3.8) is 0 Å². The number of halogens is 2. The van der Waals surface area contributed by atoms with E-state index in [1.54, 1.807) is 24.4 Å². The smallest absolute Gasteiger partial charge is 0.150 e. The van der Waals surface area contributed by atoms with E-state index >= 15 is 4.39 Å². The second-order valence-corrected chi connectivity index (χ2v) is 7.53. The molecule has 0 fully saturated rings. The van der Waals surface area contributed by atoms with Crippen molar-refractivity contribution in [1.29, 1.82) is 5.26 Å². The third kappa shape index (κ3) is 3.24. The molecule has 3 heterocycles. The van der Waals surface area contributed by atoms with E-state index in [0.29, 0.717) is 33.3 Å². The normalized spacial score (nSPS) is 12.4. The molecular formula is C25H14ClFN4. The Balaban J connectivity index is 1.83. The molecule has 0 atom stereocenters. The Morgan fingerprint density at radius 3 is 2.77 bits per heavy atom. The molecule has 1 aliphatic heterocycles. The fraction of sp³-hybridized carbons (Fsp3) is 0. The number of pyridine rings is 2. The van der Waals surface area contributed by atoms with Crippen LogP contribution in [0.5, 0.6) is 0 Å². The van der Waals surface area contributed by atoms with Crippen molar-refractivity contribution in [3.05, 3.63) is 95.0 Å². The van der Waals surface area contributed by atoms with E-state index in [0.717, 1.165) is 16.5 Å². The Hall–Kier alpha value is -4.01. The molecule has 0 radical (unpaired) electrons. The van der Waals surface area contributed by atoms with Crippen LogP contribution in [0.1, 0.15) is 11.1 Å². The van der Waals surface area contributed by atoms with Crippen molar-refractivity contribution >= 4 is 34.4 Å². The van der Waals surface area contributed by atoms with E-state index in [-0.39, 0.29) is 11.1 Å². The Bertz CT molecular complexity index is 1470. The molecule has 148 valence electrons. The topological polar surface area (TPSA) is 61.6 Å². The Kier molecular flexibility index (Phi) is 4.50.